The van der Waals surface area contributed by atoms with Crippen molar-refractivity contribution in [2.75, 3.05) is 0 Å². The summed E-state index contributed by atoms with van der Waals surface area (Å²) in [5.74, 6) is -4.78. The van der Waals surface area contributed by atoms with E-state index in [0.29, 0.717) is 0 Å². The Bertz CT molecular complexity index is 768. The number of benzene rings is 2. The van der Waals surface area contributed by atoms with Gasteiger partial charge in [0, 0.05) is 6.42 Å². The van der Waals surface area contributed by atoms with E-state index in [1.807, 2.05) is 0 Å². The number of halogens is 5. The lowest BCUT2D eigenvalue weighted by Gasteiger charge is -2.16. The first-order chi connectivity index (χ1) is 11.2. The summed E-state index contributed by atoms with van der Waals surface area (Å²) in [7, 11) is 0. The van der Waals surface area contributed by atoms with E-state index in [0.717, 1.165) is 36.4 Å². The zero-order valence-electron chi connectivity index (χ0n) is 12.1. The number of alkyl halides is 3. The third-order valence-corrected chi connectivity index (χ3v) is 3.45. The van der Waals surface area contributed by atoms with Gasteiger partial charge in [0.05, 0.1) is 11.5 Å². The number of Topliss-reactive ketones (excluding diaryl/α,β-unsaturated/α-hetero) is 1. The molecule has 0 radical (unpaired) electrons. The number of ketones is 1. The fourth-order valence-corrected chi connectivity index (χ4v) is 2.31. The third-order valence-electron chi connectivity index (χ3n) is 3.45. The summed E-state index contributed by atoms with van der Waals surface area (Å²) in [4.78, 5) is 23.4. The van der Waals surface area contributed by atoms with Gasteiger partial charge in [0.2, 0.25) is 0 Å². The molecule has 7 heteroatoms. The molecule has 0 saturated carbocycles. The van der Waals surface area contributed by atoms with Crippen molar-refractivity contribution in [1.29, 1.82) is 0 Å². The monoisotopic (exact) mass is 342 g/mol. The second-order valence-corrected chi connectivity index (χ2v) is 5.09. The molecule has 0 saturated heterocycles. The molecule has 0 aliphatic heterocycles. The Morgan fingerprint density at radius 2 is 1.71 bits per heavy atom. The van der Waals surface area contributed by atoms with Crippen LogP contribution >= 0.6 is 0 Å². The molecule has 0 bridgehead atoms. The number of aldehydes is 1. The van der Waals surface area contributed by atoms with Gasteiger partial charge in [0.1, 0.15) is 6.29 Å². The van der Waals surface area contributed by atoms with Crippen LogP contribution in [0.3, 0.4) is 0 Å². The topological polar surface area (TPSA) is 34.1 Å². The molecule has 1 atom stereocenters. The van der Waals surface area contributed by atoms with E-state index in [1.165, 1.54) is 6.07 Å². The molecule has 0 N–H and O–H groups in total. The van der Waals surface area contributed by atoms with Crippen LogP contribution in [-0.4, -0.2) is 12.1 Å². The Balaban J connectivity index is 2.33. The molecule has 24 heavy (non-hydrogen) atoms. The highest BCUT2D eigenvalue weighted by molar-refractivity contribution is 6.00. The molecule has 2 aromatic rings. The second-order valence-electron chi connectivity index (χ2n) is 5.09. The number of rotatable bonds is 5. The molecule has 1 unspecified atom stereocenters. The van der Waals surface area contributed by atoms with Crippen LogP contribution in [0.25, 0.3) is 0 Å². The van der Waals surface area contributed by atoms with Crippen LogP contribution < -0.4 is 0 Å². The third kappa shape index (κ3) is 3.84. The van der Waals surface area contributed by atoms with Gasteiger partial charge in [-0.25, -0.2) is 8.78 Å². The van der Waals surface area contributed by atoms with Crippen molar-refractivity contribution in [1.82, 2.24) is 0 Å². The van der Waals surface area contributed by atoms with Gasteiger partial charge in [0.15, 0.2) is 17.4 Å². The maximum atomic E-state index is 13.2. The number of hydrogen-bond acceptors (Lipinski definition) is 2. The molecular weight excluding hydrogens is 331 g/mol. The van der Waals surface area contributed by atoms with Gasteiger partial charge < -0.3 is 4.79 Å². The van der Waals surface area contributed by atoms with Crippen molar-refractivity contribution in [2.45, 2.75) is 18.5 Å². The molecule has 2 aromatic carbocycles. The van der Waals surface area contributed by atoms with Crippen LogP contribution in [0, 0.1) is 11.6 Å². The van der Waals surface area contributed by atoms with E-state index < -0.39 is 47.1 Å². The summed E-state index contributed by atoms with van der Waals surface area (Å²) >= 11 is 0. The van der Waals surface area contributed by atoms with Crippen LogP contribution in [0.1, 0.15) is 22.6 Å². The van der Waals surface area contributed by atoms with Crippen LogP contribution in [-0.2, 0) is 22.2 Å². The Morgan fingerprint density at radius 1 is 1.04 bits per heavy atom. The minimum absolute atomic E-state index is 0.0650. The molecule has 2 rings (SSSR count). The molecule has 0 heterocycles. The molecule has 126 valence electrons. The van der Waals surface area contributed by atoms with Crippen LogP contribution in [0.2, 0.25) is 0 Å². The van der Waals surface area contributed by atoms with Crippen molar-refractivity contribution in [3.63, 3.8) is 0 Å². The summed E-state index contributed by atoms with van der Waals surface area (Å²) < 4.78 is 65.1. The maximum absolute atomic E-state index is 13.2. The molecule has 2 nitrogen and oxygen atoms in total. The lowest BCUT2D eigenvalue weighted by Crippen LogP contribution is -2.20. The molecule has 0 spiro atoms. The Labute approximate surface area is 133 Å². The summed E-state index contributed by atoms with van der Waals surface area (Å²) in [5.41, 5.74) is -1.48. The fourth-order valence-electron chi connectivity index (χ4n) is 2.31. The van der Waals surface area contributed by atoms with E-state index in [4.69, 9.17) is 0 Å². The molecule has 0 fully saturated rings. The summed E-state index contributed by atoms with van der Waals surface area (Å²) in [6.45, 7) is 0. The van der Waals surface area contributed by atoms with E-state index in [1.54, 1.807) is 0 Å². The van der Waals surface area contributed by atoms with Crippen molar-refractivity contribution in [3.8, 4) is 0 Å². The van der Waals surface area contributed by atoms with Crippen molar-refractivity contribution >= 4 is 12.1 Å². The molecule has 0 aliphatic carbocycles. The average Bonchev–Trinajstić information content (AvgIpc) is 2.51. The summed E-state index contributed by atoms with van der Waals surface area (Å²) in [5, 5.41) is 0. The standard InChI is InChI=1S/C17H11F5O2/c18-14-6-5-10(7-15(14)19)8-16(24)12(9-23)11-3-1-2-4-13(11)17(20,21)22/h1-7,9,12H,8H2. The Kier molecular flexibility index (Phi) is 5.11. The van der Waals surface area contributed by atoms with Crippen LogP contribution in [0.15, 0.2) is 42.5 Å². The first-order valence-electron chi connectivity index (χ1n) is 6.82. The van der Waals surface area contributed by atoms with Gasteiger partial charge in [-0.15, -0.1) is 0 Å². The first kappa shape index (κ1) is 17.8. The predicted octanol–water partition coefficient (Wildman–Crippen LogP) is 4.08. The number of carbonyl (C=O) groups excluding carboxylic acids is 2. The summed E-state index contributed by atoms with van der Waals surface area (Å²) in [6.07, 6.45) is -5.10. The largest absolute Gasteiger partial charge is 0.416 e. The van der Waals surface area contributed by atoms with Gasteiger partial charge in [0.25, 0.3) is 0 Å². The van der Waals surface area contributed by atoms with Crippen molar-refractivity contribution < 1.29 is 31.5 Å². The van der Waals surface area contributed by atoms with Gasteiger partial charge in [-0.1, -0.05) is 24.3 Å². The zero-order valence-corrected chi connectivity index (χ0v) is 12.1. The SMILES string of the molecule is O=CC(C(=O)Cc1ccc(F)c(F)c1)c1ccccc1C(F)(F)F. The Hall–Kier alpha value is -2.57. The van der Waals surface area contributed by atoms with E-state index in [9.17, 15) is 31.5 Å². The Morgan fingerprint density at radius 3 is 2.29 bits per heavy atom. The fraction of sp³-hybridized carbons (Fsp3) is 0.176. The van der Waals surface area contributed by atoms with Gasteiger partial charge in [-0.05, 0) is 29.3 Å². The molecule has 0 aliphatic rings. The van der Waals surface area contributed by atoms with Crippen molar-refractivity contribution in [3.05, 3.63) is 70.8 Å². The zero-order chi connectivity index (χ0) is 17.9. The van der Waals surface area contributed by atoms with Gasteiger partial charge in [-0.3, -0.25) is 4.79 Å². The normalized spacial score (nSPS) is 12.7. The quantitative estimate of drug-likeness (QED) is 0.466. The van der Waals surface area contributed by atoms with Gasteiger partial charge >= 0.3 is 6.18 Å². The molecule has 0 amide bonds. The van der Waals surface area contributed by atoms with E-state index >= 15 is 0 Å². The number of carbonyl (C=O) groups is 2. The minimum atomic E-state index is -4.72. The lowest BCUT2D eigenvalue weighted by atomic mass is 9.89. The van der Waals surface area contributed by atoms with E-state index in [-0.39, 0.29) is 11.8 Å². The van der Waals surface area contributed by atoms with Gasteiger partial charge in [-0.2, -0.15) is 13.2 Å². The highest BCUT2D eigenvalue weighted by atomic mass is 19.4. The average molecular weight is 342 g/mol. The first-order valence-corrected chi connectivity index (χ1v) is 6.82. The second kappa shape index (κ2) is 6.90. The minimum Gasteiger partial charge on any atom is -0.302 e. The highest BCUT2D eigenvalue weighted by Crippen LogP contribution is 2.35. The molecule has 0 aromatic heterocycles. The number of hydrogen-bond donors (Lipinski definition) is 0. The highest BCUT2D eigenvalue weighted by Gasteiger charge is 2.36. The maximum Gasteiger partial charge on any atom is 0.416 e. The molecular formula is C17H11F5O2. The van der Waals surface area contributed by atoms with Crippen LogP contribution in [0.4, 0.5) is 22.0 Å². The smallest absolute Gasteiger partial charge is 0.302 e. The summed E-state index contributed by atoms with van der Waals surface area (Å²) in [6, 6.07) is 6.96. The predicted molar refractivity (Wildman–Crippen MR) is 75.3 cm³/mol. The van der Waals surface area contributed by atoms with E-state index in [2.05, 4.69) is 0 Å². The van der Waals surface area contributed by atoms with Crippen LogP contribution in [0.5, 0.6) is 0 Å². The lowest BCUT2D eigenvalue weighted by molar-refractivity contribution is -0.138. The van der Waals surface area contributed by atoms with Crippen molar-refractivity contribution in [2.24, 2.45) is 0 Å².